The van der Waals surface area contributed by atoms with Gasteiger partial charge in [0.05, 0.1) is 12.5 Å². The van der Waals surface area contributed by atoms with Crippen molar-refractivity contribution in [3.8, 4) is 0 Å². The summed E-state index contributed by atoms with van der Waals surface area (Å²) < 4.78 is 5.01. The summed E-state index contributed by atoms with van der Waals surface area (Å²) in [5.41, 5.74) is 2.34. The van der Waals surface area contributed by atoms with Gasteiger partial charge in [-0.1, -0.05) is 38.1 Å². The van der Waals surface area contributed by atoms with Gasteiger partial charge >= 0.3 is 5.97 Å². The normalized spacial score (nSPS) is 12.5. The second kappa shape index (κ2) is 6.43. The van der Waals surface area contributed by atoms with Crippen molar-refractivity contribution in [2.75, 3.05) is 6.61 Å². The first-order chi connectivity index (χ1) is 8.04. The smallest absolute Gasteiger partial charge is 0.313 e. The molecule has 17 heavy (non-hydrogen) atoms. The van der Waals surface area contributed by atoms with E-state index in [1.165, 1.54) is 5.56 Å². The SMILES string of the molecule is CCOC(=O)[C@H](C)c1ccc(CC(C)C)cc1. The van der Waals surface area contributed by atoms with Crippen molar-refractivity contribution in [2.24, 2.45) is 5.92 Å². The number of benzene rings is 1. The maximum atomic E-state index is 11.6. The molecule has 1 aromatic carbocycles. The van der Waals surface area contributed by atoms with E-state index in [9.17, 15) is 4.79 Å². The van der Waals surface area contributed by atoms with Gasteiger partial charge < -0.3 is 4.74 Å². The number of ether oxygens (including phenoxy) is 1. The van der Waals surface area contributed by atoms with Gasteiger partial charge in [-0.05, 0) is 37.3 Å². The first-order valence-electron chi connectivity index (χ1n) is 6.30. The number of hydrogen-bond acceptors (Lipinski definition) is 2. The predicted molar refractivity (Wildman–Crippen MR) is 70.0 cm³/mol. The highest BCUT2D eigenvalue weighted by atomic mass is 16.5. The fraction of sp³-hybridized carbons (Fsp3) is 0.533. The van der Waals surface area contributed by atoms with Crippen LogP contribution in [0.3, 0.4) is 0 Å². The molecule has 2 nitrogen and oxygen atoms in total. The van der Waals surface area contributed by atoms with Crippen molar-refractivity contribution in [3.63, 3.8) is 0 Å². The van der Waals surface area contributed by atoms with E-state index in [2.05, 4.69) is 26.0 Å². The molecule has 0 saturated carbocycles. The molecule has 0 spiro atoms. The van der Waals surface area contributed by atoms with Crippen molar-refractivity contribution in [1.82, 2.24) is 0 Å². The van der Waals surface area contributed by atoms with Crippen LogP contribution < -0.4 is 0 Å². The van der Waals surface area contributed by atoms with E-state index in [-0.39, 0.29) is 11.9 Å². The van der Waals surface area contributed by atoms with E-state index in [0.29, 0.717) is 12.5 Å². The third kappa shape index (κ3) is 4.22. The highest BCUT2D eigenvalue weighted by molar-refractivity contribution is 5.77. The molecule has 0 radical (unpaired) electrons. The second-order valence-electron chi connectivity index (χ2n) is 4.81. The Bertz CT molecular complexity index is 352. The molecule has 1 atom stereocenters. The van der Waals surface area contributed by atoms with Crippen LogP contribution in [0.2, 0.25) is 0 Å². The van der Waals surface area contributed by atoms with Gasteiger partial charge in [0.15, 0.2) is 0 Å². The third-order valence-electron chi connectivity index (χ3n) is 2.76. The number of carbonyl (C=O) groups excluding carboxylic acids is 1. The lowest BCUT2D eigenvalue weighted by Crippen LogP contribution is -2.12. The van der Waals surface area contributed by atoms with Crippen LogP contribution in [-0.2, 0) is 16.0 Å². The van der Waals surface area contributed by atoms with Crippen LogP contribution in [0.15, 0.2) is 24.3 Å². The highest BCUT2D eigenvalue weighted by Gasteiger charge is 2.15. The average Bonchev–Trinajstić information content (AvgIpc) is 2.28. The number of esters is 1. The zero-order valence-electron chi connectivity index (χ0n) is 11.2. The lowest BCUT2D eigenvalue weighted by Gasteiger charge is -2.12. The van der Waals surface area contributed by atoms with Gasteiger partial charge in [0.1, 0.15) is 0 Å². The Labute approximate surface area is 104 Å². The molecule has 0 saturated heterocycles. The van der Waals surface area contributed by atoms with Crippen LogP contribution in [-0.4, -0.2) is 12.6 Å². The Kier molecular flexibility index (Phi) is 5.20. The van der Waals surface area contributed by atoms with Crippen LogP contribution in [0.5, 0.6) is 0 Å². The van der Waals surface area contributed by atoms with E-state index >= 15 is 0 Å². The van der Waals surface area contributed by atoms with Gasteiger partial charge in [-0.25, -0.2) is 0 Å². The van der Waals surface area contributed by atoms with Crippen molar-refractivity contribution in [1.29, 1.82) is 0 Å². The molecule has 1 aromatic rings. The Morgan fingerprint density at radius 3 is 2.24 bits per heavy atom. The molecule has 0 aliphatic rings. The Morgan fingerprint density at radius 2 is 1.76 bits per heavy atom. The summed E-state index contributed by atoms with van der Waals surface area (Å²) in [6, 6.07) is 8.26. The summed E-state index contributed by atoms with van der Waals surface area (Å²) in [4.78, 5) is 11.6. The van der Waals surface area contributed by atoms with Crippen LogP contribution in [0, 0.1) is 5.92 Å². The van der Waals surface area contributed by atoms with E-state index in [1.807, 2.05) is 26.0 Å². The van der Waals surface area contributed by atoms with Gasteiger partial charge in [0, 0.05) is 0 Å². The molecule has 0 amide bonds. The minimum Gasteiger partial charge on any atom is -0.466 e. The summed E-state index contributed by atoms with van der Waals surface area (Å²) in [5.74, 6) is 0.329. The lowest BCUT2D eigenvalue weighted by atomic mass is 9.97. The van der Waals surface area contributed by atoms with Gasteiger partial charge in [0.2, 0.25) is 0 Å². The maximum Gasteiger partial charge on any atom is 0.313 e. The minimum absolute atomic E-state index is 0.149. The predicted octanol–water partition coefficient (Wildman–Crippen LogP) is 3.55. The van der Waals surface area contributed by atoms with E-state index in [0.717, 1.165) is 12.0 Å². The number of carbonyl (C=O) groups is 1. The van der Waals surface area contributed by atoms with Crippen LogP contribution >= 0.6 is 0 Å². The molecule has 2 heteroatoms. The fourth-order valence-electron chi connectivity index (χ4n) is 1.82. The fourth-order valence-corrected chi connectivity index (χ4v) is 1.82. The lowest BCUT2D eigenvalue weighted by molar-refractivity contribution is -0.144. The first kappa shape index (κ1) is 13.8. The van der Waals surface area contributed by atoms with Crippen LogP contribution in [0.25, 0.3) is 0 Å². The third-order valence-corrected chi connectivity index (χ3v) is 2.76. The Morgan fingerprint density at radius 1 is 1.18 bits per heavy atom. The molecule has 0 aliphatic heterocycles. The highest BCUT2D eigenvalue weighted by Crippen LogP contribution is 2.18. The topological polar surface area (TPSA) is 26.3 Å². The molecular weight excluding hydrogens is 212 g/mol. The molecule has 94 valence electrons. The Hall–Kier alpha value is -1.31. The standard InChI is InChI=1S/C15H22O2/c1-5-17-15(16)12(4)14-8-6-13(7-9-14)10-11(2)3/h6-9,11-12H,5,10H2,1-4H3/t12-/m1/s1. The average molecular weight is 234 g/mol. The summed E-state index contributed by atoms with van der Waals surface area (Å²) in [6.45, 7) is 8.56. The van der Waals surface area contributed by atoms with Crippen molar-refractivity contribution in [3.05, 3.63) is 35.4 Å². The number of rotatable bonds is 5. The van der Waals surface area contributed by atoms with Gasteiger partial charge in [0.25, 0.3) is 0 Å². The molecule has 0 fully saturated rings. The zero-order valence-corrected chi connectivity index (χ0v) is 11.2. The quantitative estimate of drug-likeness (QED) is 0.728. The summed E-state index contributed by atoms with van der Waals surface area (Å²) >= 11 is 0. The summed E-state index contributed by atoms with van der Waals surface area (Å²) in [7, 11) is 0. The zero-order chi connectivity index (χ0) is 12.8. The van der Waals surface area contributed by atoms with E-state index < -0.39 is 0 Å². The second-order valence-corrected chi connectivity index (χ2v) is 4.81. The van der Waals surface area contributed by atoms with Gasteiger partial charge in [-0.2, -0.15) is 0 Å². The van der Waals surface area contributed by atoms with Crippen molar-refractivity contribution in [2.45, 2.75) is 40.0 Å². The first-order valence-corrected chi connectivity index (χ1v) is 6.30. The molecule has 0 N–H and O–H groups in total. The summed E-state index contributed by atoms with van der Waals surface area (Å²) in [6.07, 6.45) is 1.08. The van der Waals surface area contributed by atoms with Crippen molar-refractivity contribution < 1.29 is 9.53 Å². The number of hydrogen-bond donors (Lipinski definition) is 0. The molecule has 1 rings (SSSR count). The Balaban J connectivity index is 2.70. The minimum atomic E-state index is -0.178. The van der Waals surface area contributed by atoms with E-state index in [1.54, 1.807) is 0 Å². The molecule has 0 heterocycles. The maximum absolute atomic E-state index is 11.6. The summed E-state index contributed by atoms with van der Waals surface area (Å²) in [5, 5.41) is 0. The van der Waals surface area contributed by atoms with Crippen LogP contribution in [0.4, 0.5) is 0 Å². The monoisotopic (exact) mass is 234 g/mol. The molecule has 0 bridgehead atoms. The molecule has 0 aliphatic carbocycles. The van der Waals surface area contributed by atoms with E-state index in [4.69, 9.17) is 4.74 Å². The van der Waals surface area contributed by atoms with Gasteiger partial charge in [-0.3, -0.25) is 4.79 Å². The molecule has 0 unspecified atom stereocenters. The largest absolute Gasteiger partial charge is 0.466 e. The van der Waals surface area contributed by atoms with Gasteiger partial charge in [-0.15, -0.1) is 0 Å². The molecule has 0 aromatic heterocycles. The van der Waals surface area contributed by atoms with Crippen LogP contribution in [0.1, 0.15) is 44.7 Å². The van der Waals surface area contributed by atoms with Crippen molar-refractivity contribution >= 4 is 5.97 Å². The molecular formula is C15H22O2.